The molecule has 0 aliphatic rings. The predicted molar refractivity (Wildman–Crippen MR) is 120 cm³/mol. The highest BCUT2D eigenvalue weighted by atomic mass is 16.6. The fraction of sp³-hybridized carbons (Fsp3) is 0.0435. The fourth-order valence-corrected chi connectivity index (χ4v) is 3.17. The molecule has 0 saturated heterocycles. The summed E-state index contributed by atoms with van der Waals surface area (Å²) in [6.45, 7) is 0.0267. The van der Waals surface area contributed by atoms with Crippen LogP contribution in [0.2, 0.25) is 0 Å². The maximum atomic E-state index is 12.7. The molecule has 1 heterocycles. The van der Waals surface area contributed by atoms with E-state index in [-0.39, 0.29) is 29.0 Å². The van der Waals surface area contributed by atoms with Crippen molar-refractivity contribution in [3.05, 3.63) is 114 Å². The summed E-state index contributed by atoms with van der Waals surface area (Å²) in [5, 5.41) is 24.7. The molecule has 0 fully saturated rings. The van der Waals surface area contributed by atoms with Crippen LogP contribution in [0.15, 0.2) is 81.4 Å². The Labute approximate surface area is 185 Å². The summed E-state index contributed by atoms with van der Waals surface area (Å²) in [5.41, 5.74) is -0.00636. The number of nitro groups is 1. The van der Waals surface area contributed by atoms with E-state index >= 15 is 0 Å². The third-order valence-corrected chi connectivity index (χ3v) is 4.82. The van der Waals surface area contributed by atoms with Gasteiger partial charge >= 0.3 is 5.69 Å². The molecule has 3 aromatic carbocycles. The highest BCUT2D eigenvalue weighted by Gasteiger charge is 2.13. The van der Waals surface area contributed by atoms with Crippen LogP contribution in [-0.2, 0) is 6.61 Å². The van der Waals surface area contributed by atoms with Crippen molar-refractivity contribution in [3.63, 3.8) is 0 Å². The van der Waals surface area contributed by atoms with Gasteiger partial charge in [0.2, 0.25) is 0 Å². The second kappa shape index (κ2) is 8.99. The Balaban J connectivity index is 1.73. The summed E-state index contributed by atoms with van der Waals surface area (Å²) in [6, 6.07) is 19.3. The number of hydrogen-bond acceptors (Lipinski definition) is 7. The second-order valence-electron chi connectivity index (χ2n) is 6.87. The SMILES string of the molecule is N#Cc1ccccc1COc1ccc([N+](=O)[O-])cc1C=Nn1c(=O)[nH]c2ccccc2c1=O. The van der Waals surface area contributed by atoms with Crippen molar-refractivity contribution in [2.45, 2.75) is 6.61 Å². The molecule has 162 valence electrons. The topological polar surface area (TPSA) is 143 Å². The monoisotopic (exact) mass is 441 g/mol. The number of aromatic nitrogens is 2. The maximum Gasteiger partial charge on any atom is 0.349 e. The largest absolute Gasteiger partial charge is 0.488 e. The maximum absolute atomic E-state index is 12.7. The van der Waals surface area contributed by atoms with Crippen molar-refractivity contribution in [2.75, 3.05) is 0 Å². The van der Waals surface area contributed by atoms with Gasteiger partial charge in [0.1, 0.15) is 12.4 Å². The van der Waals surface area contributed by atoms with Crippen molar-refractivity contribution >= 4 is 22.8 Å². The highest BCUT2D eigenvalue weighted by molar-refractivity contribution is 5.85. The summed E-state index contributed by atoms with van der Waals surface area (Å²) in [4.78, 5) is 38.2. The third kappa shape index (κ3) is 4.38. The molecule has 0 spiro atoms. The molecule has 4 aromatic rings. The number of benzene rings is 3. The van der Waals surface area contributed by atoms with Crippen LogP contribution < -0.4 is 16.0 Å². The van der Waals surface area contributed by atoms with Crippen molar-refractivity contribution in [2.24, 2.45) is 5.10 Å². The first-order valence-electron chi connectivity index (χ1n) is 9.65. The minimum absolute atomic E-state index is 0.0267. The number of nitrogens with one attached hydrogen (secondary N) is 1. The molecular weight excluding hydrogens is 426 g/mol. The lowest BCUT2D eigenvalue weighted by atomic mass is 10.1. The average Bonchev–Trinajstić information content (AvgIpc) is 2.83. The first kappa shape index (κ1) is 21.2. The highest BCUT2D eigenvalue weighted by Crippen LogP contribution is 2.24. The predicted octanol–water partition coefficient (Wildman–Crippen LogP) is 2.93. The summed E-state index contributed by atoms with van der Waals surface area (Å²) in [5.74, 6) is 0.224. The Morgan fingerprint density at radius 2 is 1.88 bits per heavy atom. The molecule has 0 bridgehead atoms. The number of fused-ring (bicyclic) bond motifs is 1. The van der Waals surface area contributed by atoms with E-state index in [1.807, 2.05) is 0 Å². The van der Waals surface area contributed by atoms with Gasteiger partial charge in [0.25, 0.3) is 11.2 Å². The van der Waals surface area contributed by atoms with Gasteiger partial charge in [-0.15, -0.1) is 4.68 Å². The van der Waals surface area contributed by atoms with Gasteiger partial charge in [0.05, 0.1) is 33.7 Å². The summed E-state index contributed by atoms with van der Waals surface area (Å²) in [7, 11) is 0. The lowest BCUT2D eigenvalue weighted by Crippen LogP contribution is -2.32. The van der Waals surface area contributed by atoms with Crippen LogP contribution in [0.5, 0.6) is 5.75 Å². The Hall–Kier alpha value is -5.04. The molecule has 10 heteroatoms. The smallest absolute Gasteiger partial charge is 0.349 e. The van der Waals surface area contributed by atoms with E-state index < -0.39 is 16.2 Å². The average molecular weight is 441 g/mol. The summed E-state index contributed by atoms with van der Waals surface area (Å²) >= 11 is 0. The number of nitriles is 1. The molecule has 4 rings (SSSR count). The number of rotatable bonds is 6. The van der Waals surface area contributed by atoms with Gasteiger partial charge in [-0.2, -0.15) is 10.4 Å². The van der Waals surface area contributed by atoms with Crippen LogP contribution in [0.1, 0.15) is 16.7 Å². The second-order valence-corrected chi connectivity index (χ2v) is 6.87. The zero-order valence-corrected chi connectivity index (χ0v) is 17.0. The minimum Gasteiger partial charge on any atom is -0.488 e. The summed E-state index contributed by atoms with van der Waals surface area (Å²) in [6.07, 6.45) is 1.14. The molecule has 1 aromatic heterocycles. The third-order valence-electron chi connectivity index (χ3n) is 4.82. The number of para-hydroxylation sites is 1. The lowest BCUT2D eigenvalue weighted by Gasteiger charge is -2.10. The zero-order valence-electron chi connectivity index (χ0n) is 17.0. The van der Waals surface area contributed by atoms with Gasteiger partial charge in [0, 0.05) is 23.3 Å². The molecule has 1 N–H and O–H groups in total. The molecular formula is C23H15N5O5. The molecule has 0 aliphatic heterocycles. The standard InChI is InChI=1S/C23H15N5O5/c24-12-15-5-1-2-6-16(15)14-33-21-10-9-18(28(31)32)11-17(21)13-25-27-22(29)19-7-3-4-8-20(19)26-23(27)30/h1-11,13H,14H2,(H,26,30). The molecule has 0 radical (unpaired) electrons. The molecule has 0 atom stereocenters. The van der Waals surface area contributed by atoms with Crippen molar-refractivity contribution in [1.82, 2.24) is 9.66 Å². The number of aromatic amines is 1. The fourth-order valence-electron chi connectivity index (χ4n) is 3.17. The Kier molecular flexibility index (Phi) is 5.77. The quantitative estimate of drug-likeness (QED) is 0.277. The molecule has 33 heavy (non-hydrogen) atoms. The number of nitrogens with zero attached hydrogens (tertiary/aromatic N) is 4. The van der Waals surface area contributed by atoms with Crippen molar-refractivity contribution in [1.29, 1.82) is 5.26 Å². The van der Waals surface area contributed by atoms with E-state index in [9.17, 15) is 25.0 Å². The Bertz CT molecular complexity index is 1560. The van der Waals surface area contributed by atoms with E-state index in [0.29, 0.717) is 21.3 Å². The first-order valence-corrected chi connectivity index (χ1v) is 9.65. The summed E-state index contributed by atoms with van der Waals surface area (Å²) < 4.78 is 6.42. The molecule has 0 amide bonds. The number of hydrogen-bond donors (Lipinski definition) is 1. The lowest BCUT2D eigenvalue weighted by molar-refractivity contribution is -0.384. The van der Waals surface area contributed by atoms with Gasteiger partial charge < -0.3 is 9.72 Å². The number of non-ortho nitro benzene ring substituents is 1. The zero-order chi connectivity index (χ0) is 23.4. The minimum atomic E-state index is -0.759. The van der Waals surface area contributed by atoms with Gasteiger partial charge in [-0.3, -0.25) is 14.9 Å². The molecule has 0 unspecified atom stereocenters. The van der Waals surface area contributed by atoms with Crippen LogP contribution in [0, 0.1) is 21.4 Å². The van der Waals surface area contributed by atoms with Gasteiger partial charge in [-0.05, 0) is 24.3 Å². The molecule has 0 saturated carbocycles. The van der Waals surface area contributed by atoms with Crippen molar-refractivity contribution < 1.29 is 9.66 Å². The number of H-pyrrole nitrogens is 1. The molecule has 0 aliphatic carbocycles. The van der Waals surface area contributed by atoms with Crippen LogP contribution in [0.25, 0.3) is 10.9 Å². The van der Waals surface area contributed by atoms with E-state index in [2.05, 4.69) is 16.2 Å². The van der Waals surface area contributed by atoms with Crippen molar-refractivity contribution in [3.8, 4) is 11.8 Å². The Morgan fingerprint density at radius 1 is 1.12 bits per heavy atom. The normalized spacial score (nSPS) is 10.9. The molecule has 10 nitrogen and oxygen atoms in total. The van der Waals surface area contributed by atoms with Crippen LogP contribution >= 0.6 is 0 Å². The van der Waals surface area contributed by atoms with Crippen LogP contribution in [0.4, 0.5) is 5.69 Å². The van der Waals surface area contributed by atoms with Gasteiger partial charge in [0.15, 0.2) is 0 Å². The van der Waals surface area contributed by atoms with E-state index in [1.165, 1.54) is 18.2 Å². The van der Waals surface area contributed by atoms with Gasteiger partial charge in [-0.1, -0.05) is 30.3 Å². The number of nitro benzene ring substituents is 1. The van der Waals surface area contributed by atoms with E-state index in [1.54, 1.807) is 48.5 Å². The van der Waals surface area contributed by atoms with Gasteiger partial charge in [-0.25, -0.2) is 4.79 Å². The van der Waals surface area contributed by atoms with E-state index in [0.717, 1.165) is 6.21 Å². The van der Waals surface area contributed by atoms with Crippen LogP contribution in [0.3, 0.4) is 0 Å². The Morgan fingerprint density at radius 3 is 2.67 bits per heavy atom. The first-order chi connectivity index (χ1) is 16.0. The van der Waals surface area contributed by atoms with E-state index in [4.69, 9.17) is 4.74 Å². The van der Waals surface area contributed by atoms with Crippen LogP contribution in [-0.4, -0.2) is 20.8 Å². The number of ether oxygens (including phenoxy) is 1.